The zero-order valence-corrected chi connectivity index (χ0v) is 20.6. The van der Waals surface area contributed by atoms with Gasteiger partial charge in [0.2, 0.25) is 16.1 Å². The molecule has 0 fully saturated rings. The highest BCUT2D eigenvalue weighted by molar-refractivity contribution is 7.89. The second kappa shape index (κ2) is 11.6. The highest BCUT2D eigenvalue weighted by Gasteiger charge is 2.27. The summed E-state index contributed by atoms with van der Waals surface area (Å²) in [7, 11) is -2.13. The number of sulfonamides is 1. The van der Waals surface area contributed by atoms with Gasteiger partial charge >= 0.3 is 5.97 Å². The highest BCUT2D eigenvalue weighted by Crippen LogP contribution is 2.24. The molecule has 1 unspecified atom stereocenters. The third kappa shape index (κ3) is 6.26. The molecule has 1 amide bonds. The van der Waals surface area contributed by atoms with Crippen LogP contribution in [0.1, 0.15) is 35.9 Å². The van der Waals surface area contributed by atoms with Crippen LogP contribution in [0, 0.1) is 0 Å². The molecular formula is C26H28N2O6S. The van der Waals surface area contributed by atoms with Crippen molar-refractivity contribution in [3.8, 4) is 5.75 Å². The first-order chi connectivity index (χ1) is 16.8. The summed E-state index contributed by atoms with van der Waals surface area (Å²) < 4.78 is 37.5. The van der Waals surface area contributed by atoms with Gasteiger partial charge in [0, 0.05) is 30.4 Å². The molecule has 184 valence electrons. The van der Waals surface area contributed by atoms with Crippen molar-refractivity contribution in [3.05, 3.63) is 90.0 Å². The summed E-state index contributed by atoms with van der Waals surface area (Å²) in [6.07, 6.45) is -1.23. The number of hydrogen-bond acceptors (Lipinski definition) is 6. The molecule has 0 heterocycles. The van der Waals surface area contributed by atoms with E-state index in [1.165, 1.54) is 35.7 Å². The summed E-state index contributed by atoms with van der Waals surface area (Å²) in [6, 6.07) is 20.9. The molecule has 9 heteroatoms. The Labute approximate surface area is 205 Å². The van der Waals surface area contributed by atoms with E-state index in [1.807, 2.05) is 0 Å². The summed E-state index contributed by atoms with van der Waals surface area (Å²) in [5.74, 6) is -0.735. The minimum Gasteiger partial charge on any atom is -0.497 e. The number of ether oxygens (including phenoxy) is 2. The van der Waals surface area contributed by atoms with E-state index in [1.54, 1.807) is 68.4 Å². The number of esters is 1. The molecule has 0 saturated heterocycles. The highest BCUT2D eigenvalue weighted by atomic mass is 32.2. The monoisotopic (exact) mass is 496 g/mol. The second-order valence-corrected chi connectivity index (χ2v) is 9.47. The summed E-state index contributed by atoms with van der Waals surface area (Å²) in [6.45, 7) is 4.19. The van der Waals surface area contributed by atoms with E-state index in [2.05, 4.69) is 5.32 Å². The van der Waals surface area contributed by atoms with Gasteiger partial charge in [-0.1, -0.05) is 50.2 Å². The summed E-state index contributed by atoms with van der Waals surface area (Å²) in [5, 5.41) is 2.75. The van der Waals surface area contributed by atoms with Crippen molar-refractivity contribution in [1.29, 1.82) is 0 Å². The van der Waals surface area contributed by atoms with Gasteiger partial charge in [-0.15, -0.1) is 0 Å². The lowest BCUT2D eigenvalue weighted by molar-refractivity contribution is -0.125. The largest absolute Gasteiger partial charge is 0.497 e. The van der Waals surface area contributed by atoms with E-state index in [4.69, 9.17) is 9.47 Å². The Morgan fingerprint density at radius 3 is 2.17 bits per heavy atom. The van der Waals surface area contributed by atoms with Crippen LogP contribution in [0.25, 0.3) is 0 Å². The number of methoxy groups -OCH3 is 1. The molecule has 0 aromatic heterocycles. The van der Waals surface area contributed by atoms with Crippen molar-refractivity contribution in [3.63, 3.8) is 0 Å². The maximum atomic E-state index is 13.1. The topological polar surface area (TPSA) is 102 Å². The molecule has 1 atom stereocenters. The second-order valence-electron chi connectivity index (χ2n) is 7.53. The summed E-state index contributed by atoms with van der Waals surface area (Å²) >= 11 is 0. The molecule has 0 aliphatic carbocycles. The minimum absolute atomic E-state index is 0.0770. The Morgan fingerprint density at radius 2 is 1.57 bits per heavy atom. The zero-order valence-electron chi connectivity index (χ0n) is 19.8. The maximum Gasteiger partial charge on any atom is 0.339 e. The molecule has 0 radical (unpaired) electrons. The smallest absolute Gasteiger partial charge is 0.339 e. The van der Waals surface area contributed by atoms with Crippen molar-refractivity contribution >= 4 is 27.6 Å². The van der Waals surface area contributed by atoms with Crippen LogP contribution in [0.15, 0.2) is 83.8 Å². The van der Waals surface area contributed by atoms with Gasteiger partial charge in [0.15, 0.2) is 0 Å². The first kappa shape index (κ1) is 25.9. The van der Waals surface area contributed by atoms with Crippen LogP contribution in [-0.4, -0.2) is 44.8 Å². The summed E-state index contributed by atoms with van der Waals surface area (Å²) in [4.78, 5) is 26.1. The van der Waals surface area contributed by atoms with Gasteiger partial charge in [0.1, 0.15) is 5.75 Å². The fraction of sp³-hybridized carbons (Fsp3) is 0.231. The van der Waals surface area contributed by atoms with Crippen LogP contribution in [0.2, 0.25) is 0 Å². The molecule has 35 heavy (non-hydrogen) atoms. The third-order valence-electron chi connectivity index (χ3n) is 5.34. The van der Waals surface area contributed by atoms with Crippen molar-refractivity contribution in [1.82, 2.24) is 4.31 Å². The van der Waals surface area contributed by atoms with Gasteiger partial charge in [-0.2, -0.15) is 4.31 Å². The fourth-order valence-electron chi connectivity index (χ4n) is 3.46. The third-order valence-corrected chi connectivity index (χ3v) is 7.40. The van der Waals surface area contributed by atoms with Crippen molar-refractivity contribution in [2.75, 3.05) is 25.5 Å². The van der Waals surface area contributed by atoms with Crippen LogP contribution in [0.3, 0.4) is 0 Å². The predicted octanol–water partition coefficient (Wildman–Crippen LogP) is 4.26. The Morgan fingerprint density at radius 1 is 0.914 bits per heavy atom. The van der Waals surface area contributed by atoms with Crippen molar-refractivity contribution in [2.45, 2.75) is 24.8 Å². The molecule has 0 spiro atoms. The number of carbonyl (C=O) groups excluding carboxylic acids is 2. The average molecular weight is 497 g/mol. The van der Waals surface area contributed by atoms with Gasteiger partial charge in [-0.05, 0) is 36.4 Å². The predicted molar refractivity (Wildman–Crippen MR) is 133 cm³/mol. The quantitative estimate of drug-likeness (QED) is 0.421. The number of rotatable bonds is 10. The number of benzene rings is 3. The Balaban J connectivity index is 1.82. The van der Waals surface area contributed by atoms with E-state index in [9.17, 15) is 18.0 Å². The van der Waals surface area contributed by atoms with Gasteiger partial charge in [-0.3, -0.25) is 4.79 Å². The number of carbonyl (C=O) groups is 2. The fourth-order valence-corrected chi connectivity index (χ4v) is 4.92. The Kier molecular flexibility index (Phi) is 8.62. The molecule has 3 aromatic carbocycles. The number of amides is 1. The Bertz CT molecular complexity index is 1260. The minimum atomic E-state index is -3.66. The molecular weight excluding hydrogens is 468 g/mol. The molecule has 3 aromatic rings. The molecule has 0 bridgehead atoms. The van der Waals surface area contributed by atoms with Crippen molar-refractivity contribution < 1.29 is 27.5 Å². The van der Waals surface area contributed by atoms with E-state index in [0.717, 1.165) is 0 Å². The van der Waals surface area contributed by atoms with Crippen LogP contribution in [0.4, 0.5) is 5.69 Å². The number of anilines is 1. The van der Waals surface area contributed by atoms with E-state index < -0.39 is 28.0 Å². The van der Waals surface area contributed by atoms with Crippen LogP contribution in [-0.2, 0) is 19.6 Å². The lowest BCUT2D eigenvalue weighted by Gasteiger charge is -2.19. The molecule has 0 saturated carbocycles. The normalized spacial score (nSPS) is 12.1. The van der Waals surface area contributed by atoms with Crippen molar-refractivity contribution in [2.24, 2.45) is 0 Å². The van der Waals surface area contributed by atoms with E-state index >= 15 is 0 Å². The van der Waals surface area contributed by atoms with Crippen LogP contribution >= 0.6 is 0 Å². The molecule has 0 aliphatic rings. The van der Waals surface area contributed by atoms with Crippen LogP contribution < -0.4 is 10.1 Å². The van der Waals surface area contributed by atoms with Crippen LogP contribution in [0.5, 0.6) is 5.75 Å². The van der Waals surface area contributed by atoms with E-state index in [0.29, 0.717) is 30.1 Å². The lowest BCUT2D eigenvalue weighted by atomic mass is 10.1. The average Bonchev–Trinajstić information content (AvgIpc) is 2.88. The number of hydrogen-bond donors (Lipinski definition) is 1. The lowest BCUT2D eigenvalue weighted by Crippen LogP contribution is -2.30. The first-order valence-corrected chi connectivity index (χ1v) is 12.5. The van der Waals surface area contributed by atoms with Gasteiger partial charge in [-0.25, -0.2) is 13.2 Å². The van der Waals surface area contributed by atoms with E-state index in [-0.39, 0.29) is 10.5 Å². The first-order valence-electron chi connectivity index (χ1n) is 11.1. The summed E-state index contributed by atoms with van der Waals surface area (Å²) in [5.41, 5.74) is 1.10. The molecule has 3 rings (SSSR count). The number of nitrogens with zero attached hydrogens (tertiary/aromatic N) is 1. The number of nitrogens with one attached hydrogen (secondary N) is 1. The standard InChI is InChI=1S/C26H28N2O6S/c1-4-28(5-2)35(31,32)23-16-14-20(15-17-23)26(30)34-24(19-10-7-6-8-11-19)25(29)27-21-12-9-13-22(18-21)33-3/h6-18,24H,4-5H2,1-3H3,(H,27,29). The van der Waals surface area contributed by atoms with Gasteiger partial charge in [0.25, 0.3) is 5.91 Å². The van der Waals surface area contributed by atoms with Gasteiger partial charge < -0.3 is 14.8 Å². The molecule has 0 aliphatic heterocycles. The maximum absolute atomic E-state index is 13.1. The molecule has 1 N–H and O–H groups in total. The molecule has 8 nitrogen and oxygen atoms in total. The zero-order chi connectivity index (χ0) is 25.4. The Hall–Kier alpha value is -3.69. The van der Waals surface area contributed by atoms with Gasteiger partial charge in [0.05, 0.1) is 17.6 Å². The SMILES string of the molecule is CCN(CC)S(=O)(=O)c1ccc(C(=O)OC(C(=O)Nc2cccc(OC)c2)c2ccccc2)cc1.